The summed E-state index contributed by atoms with van der Waals surface area (Å²) in [7, 11) is 0. The quantitative estimate of drug-likeness (QED) is 0.865. The van der Waals surface area contributed by atoms with Crippen molar-refractivity contribution in [2.45, 2.75) is 13.0 Å². The highest BCUT2D eigenvalue weighted by atomic mass is 79.9. The monoisotopic (exact) mass is 344 g/mol. The predicted octanol–water partition coefficient (Wildman–Crippen LogP) is 2.75. The molecule has 0 aromatic heterocycles. The molecule has 1 fully saturated rings. The summed E-state index contributed by atoms with van der Waals surface area (Å²) in [5, 5.41) is 11.8. The topological polar surface area (TPSA) is 69.6 Å². The molecular formula is C12H13BrN2O3S. The van der Waals surface area contributed by atoms with E-state index in [1.807, 2.05) is 19.1 Å². The van der Waals surface area contributed by atoms with Gasteiger partial charge in [-0.25, -0.2) is 9.59 Å². The van der Waals surface area contributed by atoms with Gasteiger partial charge in [0.05, 0.1) is 5.88 Å². The molecule has 0 spiro atoms. The van der Waals surface area contributed by atoms with E-state index >= 15 is 0 Å². The van der Waals surface area contributed by atoms with E-state index in [1.54, 1.807) is 6.07 Å². The molecule has 1 unspecified atom stereocenters. The van der Waals surface area contributed by atoms with Crippen LogP contribution in [0.4, 0.5) is 10.5 Å². The van der Waals surface area contributed by atoms with E-state index in [4.69, 9.17) is 5.11 Å². The van der Waals surface area contributed by atoms with Gasteiger partial charge in [0, 0.05) is 15.9 Å². The minimum absolute atomic E-state index is 0.376. The van der Waals surface area contributed by atoms with E-state index in [0.717, 1.165) is 10.0 Å². The summed E-state index contributed by atoms with van der Waals surface area (Å²) >= 11 is 4.83. The second-order valence-electron chi connectivity index (χ2n) is 4.17. The number of aliphatic carboxylic acids is 1. The van der Waals surface area contributed by atoms with Crippen LogP contribution in [0.2, 0.25) is 0 Å². The molecule has 0 bridgehead atoms. The van der Waals surface area contributed by atoms with E-state index in [0.29, 0.717) is 17.3 Å². The molecule has 1 saturated heterocycles. The van der Waals surface area contributed by atoms with Gasteiger partial charge in [0.15, 0.2) is 0 Å². The van der Waals surface area contributed by atoms with Gasteiger partial charge in [-0.2, -0.15) is 0 Å². The number of urea groups is 1. The number of hydrogen-bond donors (Lipinski definition) is 2. The highest BCUT2D eigenvalue weighted by Crippen LogP contribution is 2.26. The van der Waals surface area contributed by atoms with Gasteiger partial charge in [-0.15, -0.1) is 11.8 Å². The molecule has 0 saturated carbocycles. The van der Waals surface area contributed by atoms with Crippen LogP contribution in [0.15, 0.2) is 22.7 Å². The smallest absolute Gasteiger partial charge is 0.327 e. The highest BCUT2D eigenvalue weighted by Gasteiger charge is 2.34. The van der Waals surface area contributed by atoms with Gasteiger partial charge in [0.1, 0.15) is 6.04 Å². The number of carboxylic acids is 1. The fraction of sp³-hybridized carbons (Fsp3) is 0.333. The summed E-state index contributed by atoms with van der Waals surface area (Å²) < 4.78 is 0.899. The lowest BCUT2D eigenvalue weighted by molar-refractivity contribution is -0.140. The van der Waals surface area contributed by atoms with Crippen molar-refractivity contribution in [1.29, 1.82) is 0 Å². The summed E-state index contributed by atoms with van der Waals surface area (Å²) in [4.78, 5) is 24.5. The Balaban J connectivity index is 2.13. The van der Waals surface area contributed by atoms with Crippen LogP contribution in [-0.4, -0.2) is 39.7 Å². The molecule has 1 aliphatic rings. The Hall–Kier alpha value is -1.21. The lowest BCUT2D eigenvalue weighted by atomic mass is 10.2. The first-order chi connectivity index (χ1) is 9.00. The van der Waals surface area contributed by atoms with E-state index < -0.39 is 12.0 Å². The number of carbonyl (C=O) groups is 2. The van der Waals surface area contributed by atoms with Crippen LogP contribution in [0, 0.1) is 6.92 Å². The highest BCUT2D eigenvalue weighted by molar-refractivity contribution is 9.10. The molecule has 1 aliphatic heterocycles. The van der Waals surface area contributed by atoms with Crippen LogP contribution in [0.5, 0.6) is 0 Å². The summed E-state index contributed by atoms with van der Waals surface area (Å²) in [6, 6.07) is 4.37. The molecule has 7 heteroatoms. The minimum atomic E-state index is -0.967. The number of carbonyl (C=O) groups excluding carboxylic acids is 1. The molecule has 0 radical (unpaired) electrons. The van der Waals surface area contributed by atoms with Crippen molar-refractivity contribution in [3.8, 4) is 0 Å². The average molecular weight is 345 g/mol. The number of hydrogen-bond acceptors (Lipinski definition) is 3. The molecular weight excluding hydrogens is 332 g/mol. The van der Waals surface area contributed by atoms with Crippen LogP contribution in [0.25, 0.3) is 0 Å². The number of halogens is 1. The van der Waals surface area contributed by atoms with E-state index in [2.05, 4.69) is 21.2 Å². The Labute approximate surface area is 123 Å². The molecule has 5 nitrogen and oxygen atoms in total. The molecule has 102 valence electrons. The van der Waals surface area contributed by atoms with Gasteiger partial charge in [0.2, 0.25) is 0 Å². The summed E-state index contributed by atoms with van der Waals surface area (Å²) in [5.74, 6) is -0.137. The molecule has 1 heterocycles. The fourth-order valence-corrected chi connectivity index (χ4v) is 3.29. The third kappa shape index (κ3) is 3.03. The van der Waals surface area contributed by atoms with Crippen molar-refractivity contribution < 1.29 is 14.7 Å². The van der Waals surface area contributed by atoms with Gasteiger partial charge >= 0.3 is 12.0 Å². The second kappa shape index (κ2) is 5.83. The first-order valence-electron chi connectivity index (χ1n) is 5.64. The van der Waals surface area contributed by atoms with Crippen molar-refractivity contribution in [3.05, 3.63) is 28.2 Å². The lowest BCUT2D eigenvalue weighted by Gasteiger charge is -2.21. The molecule has 1 aromatic rings. The molecule has 0 aliphatic carbocycles. The first-order valence-corrected chi connectivity index (χ1v) is 7.58. The molecule has 2 rings (SSSR count). The number of amides is 2. The van der Waals surface area contributed by atoms with Gasteiger partial charge in [-0.05, 0) is 24.6 Å². The Morgan fingerprint density at radius 1 is 1.53 bits per heavy atom. The molecule has 1 aromatic carbocycles. The van der Waals surface area contributed by atoms with Crippen molar-refractivity contribution in [2.24, 2.45) is 0 Å². The Kier molecular flexibility index (Phi) is 4.36. The SMILES string of the molecule is Cc1c(Br)cccc1NC(=O)N1CSCC1C(=O)O. The van der Waals surface area contributed by atoms with Crippen LogP contribution in [0.3, 0.4) is 0 Å². The van der Waals surface area contributed by atoms with Crippen LogP contribution < -0.4 is 5.32 Å². The van der Waals surface area contributed by atoms with Gasteiger partial charge in [-0.1, -0.05) is 22.0 Å². The number of rotatable bonds is 2. The van der Waals surface area contributed by atoms with E-state index in [9.17, 15) is 9.59 Å². The molecule has 1 atom stereocenters. The fourth-order valence-electron chi connectivity index (χ4n) is 1.78. The van der Waals surface area contributed by atoms with Crippen LogP contribution in [0.1, 0.15) is 5.56 Å². The number of benzene rings is 1. The Morgan fingerprint density at radius 2 is 2.26 bits per heavy atom. The maximum atomic E-state index is 12.1. The van der Waals surface area contributed by atoms with E-state index in [1.165, 1.54) is 16.7 Å². The van der Waals surface area contributed by atoms with Crippen molar-refractivity contribution >= 4 is 45.4 Å². The standard InChI is InChI=1S/C12H13BrN2O3S/c1-7-8(13)3-2-4-9(7)14-12(18)15-6-19-5-10(15)11(16)17/h2-4,10H,5-6H2,1H3,(H,14,18)(H,16,17). The van der Waals surface area contributed by atoms with Crippen molar-refractivity contribution in [3.63, 3.8) is 0 Å². The minimum Gasteiger partial charge on any atom is -0.480 e. The molecule has 2 amide bonds. The Bertz CT molecular complexity index is 524. The zero-order chi connectivity index (χ0) is 14.0. The maximum Gasteiger partial charge on any atom is 0.327 e. The van der Waals surface area contributed by atoms with Crippen molar-refractivity contribution in [1.82, 2.24) is 4.90 Å². The molecule has 19 heavy (non-hydrogen) atoms. The third-order valence-electron chi connectivity index (χ3n) is 2.94. The number of nitrogens with zero attached hydrogens (tertiary/aromatic N) is 1. The van der Waals surface area contributed by atoms with Crippen LogP contribution >= 0.6 is 27.7 Å². The van der Waals surface area contributed by atoms with Gasteiger partial charge in [-0.3, -0.25) is 0 Å². The first kappa shape index (κ1) is 14.2. The van der Waals surface area contributed by atoms with Gasteiger partial charge < -0.3 is 15.3 Å². The summed E-state index contributed by atoms with van der Waals surface area (Å²) in [6.07, 6.45) is 0. The summed E-state index contributed by atoms with van der Waals surface area (Å²) in [6.45, 7) is 1.88. The number of nitrogens with one attached hydrogen (secondary N) is 1. The predicted molar refractivity (Wildman–Crippen MR) is 78.5 cm³/mol. The number of thioether (sulfide) groups is 1. The largest absolute Gasteiger partial charge is 0.480 e. The summed E-state index contributed by atoms with van der Waals surface area (Å²) in [5.41, 5.74) is 1.59. The third-order valence-corrected chi connectivity index (χ3v) is 4.81. The number of carboxylic acid groups (broad SMARTS) is 1. The number of anilines is 1. The lowest BCUT2D eigenvalue weighted by Crippen LogP contribution is -2.44. The molecule has 2 N–H and O–H groups in total. The zero-order valence-electron chi connectivity index (χ0n) is 10.2. The average Bonchev–Trinajstić information content (AvgIpc) is 2.84. The van der Waals surface area contributed by atoms with Crippen LogP contribution in [-0.2, 0) is 4.79 Å². The van der Waals surface area contributed by atoms with Crippen molar-refractivity contribution in [2.75, 3.05) is 16.9 Å². The van der Waals surface area contributed by atoms with E-state index in [-0.39, 0.29) is 6.03 Å². The Morgan fingerprint density at radius 3 is 2.95 bits per heavy atom. The normalized spacial score (nSPS) is 18.4. The second-order valence-corrected chi connectivity index (χ2v) is 6.02. The maximum absolute atomic E-state index is 12.1. The zero-order valence-corrected chi connectivity index (χ0v) is 12.6. The van der Waals surface area contributed by atoms with Gasteiger partial charge in [0.25, 0.3) is 0 Å².